The fourth-order valence-corrected chi connectivity index (χ4v) is 3.24. The number of nitrogens with one attached hydrogen (secondary N) is 3. The Balaban J connectivity index is 0.00000420. The van der Waals surface area contributed by atoms with Crippen LogP contribution in [0.25, 0.3) is 0 Å². The Kier molecular flexibility index (Phi) is 11.0. The highest BCUT2D eigenvalue weighted by Crippen LogP contribution is 2.13. The van der Waals surface area contributed by atoms with Gasteiger partial charge in [0.1, 0.15) is 0 Å². The van der Waals surface area contributed by atoms with Gasteiger partial charge in [-0.15, -0.1) is 24.0 Å². The third-order valence-corrected chi connectivity index (χ3v) is 4.67. The maximum absolute atomic E-state index is 12.0. The van der Waals surface area contributed by atoms with Crippen molar-refractivity contribution >= 4 is 47.4 Å². The minimum Gasteiger partial charge on any atom is -0.352 e. The Labute approximate surface area is 191 Å². The van der Waals surface area contributed by atoms with Crippen molar-refractivity contribution in [3.8, 4) is 0 Å². The number of benzene rings is 1. The molecule has 1 saturated heterocycles. The first-order valence-electron chi connectivity index (χ1n) is 10.0. The number of halogens is 1. The average molecular weight is 515 g/mol. The van der Waals surface area contributed by atoms with Gasteiger partial charge in [-0.05, 0) is 30.0 Å². The Morgan fingerprint density at radius 2 is 2.07 bits per heavy atom. The third kappa shape index (κ3) is 8.59. The summed E-state index contributed by atoms with van der Waals surface area (Å²) in [5, 5.41) is 9.64. The molecule has 162 valence electrons. The van der Waals surface area contributed by atoms with Gasteiger partial charge in [-0.25, -0.2) is 0 Å². The van der Waals surface area contributed by atoms with Crippen molar-refractivity contribution in [1.82, 2.24) is 15.5 Å². The van der Waals surface area contributed by atoms with Crippen molar-refractivity contribution in [2.45, 2.75) is 52.6 Å². The molecule has 7 nitrogen and oxygen atoms in total. The smallest absolute Gasteiger partial charge is 0.224 e. The van der Waals surface area contributed by atoms with E-state index in [2.05, 4.69) is 20.9 Å². The molecule has 2 rings (SSSR count). The monoisotopic (exact) mass is 515 g/mol. The molecule has 0 radical (unpaired) electrons. The molecule has 8 heteroatoms. The van der Waals surface area contributed by atoms with Gasteiger partial charge in [0, 0.05) is 51.3 Å². The van der Waals surface area contributed by atoms with Gasteiger partial charge in [0.25, 0.3) is 0 Å². The van der Waals surface area contributed by atoms with Gasteiger partial charge in [-0.3, -0.25) is 14.6 Å². The predicted octanol–water partition coefficient (Wildman–Crippen LogP) is 2.97. The van der Waals surface area contributed by atoms with Crippen molar-refractivity contribution < 1.29 is 9.59 Å². The SMILES string of the molecule is CCC(=O)N1CCC(NC(=NC)NCc2cccc(NC(=O)CC(C)C)c2)C1.I. The van der Waals surface area contributed by atoms with Crippen LogP contribution >= 0.6 is 24.0 Å². The Bertz CT molecular complexity index is 708. The van der Waals surface area contributed by atoms with Crippen molar-refractivity contribution in [2.75, 3.05) is 25.5 Å². The third-order valence-electron chi connectivity index (χ3n) is 4.67. The Hall–Kier alpha value is -1.84. The first-order valence-corrected chi connectivity index (χ1v) is 10.0. The second-order valence-corrected chi connectivity index (χ2v) is 7.60. The molecule has 0 bridgehead atoms. The van der Waals surface area contributed by atoms with Crippen LogP contribution < -0.4 is 16.0 Å². The number of nitrogens with zero attached hydrogens (tertiary/aromatic N) is 2. The van der Waals surface area contributed by atoms with Crippen LogP contribution in [0, 0.1) is 5.92 Å². The second kappa shape index (κ2) is 12.7. The highest BCUT2D eigenvalue weighted by molar-refractivity contribution is 14.0. The number of hydrogen-bond acceptors (Lipinski definition) is 3. The van der Waals surface area contributed by atoms with Gasteiger partial charge >= 0.3 is 0 Å². The van der Waals surface area contributed by atoms with E-state index in [9.17, 15) is 9.59 Å². The summed E-state index contributed by atoms with van der Waals surface area (Å²) in [5.74, 6) is 1.27. The van der Waals surface area contributed by atoms with E-state index in [1.165, 1.54) is 0 Å². The molecule has 29 heavy (non-hydrogen) atoms. The molecule has 1 fully saturated rings. The molecule has 0 spiro atoms. The van der Waals surface area contributed by atoms with Gasteiger partial charge < -0.3 is 20.9 Å². The Morgan fingerprint density at radius 1 is 1.31 bits per heavy atom. The zero-order valence-electron chi connectivity index (χ0n) is 17.8. The van der Waals surface area contributed by atoms with Crippen molar-refractivity contribution in [1.29, 1.82) is 0 Å². The van der Waals surface area contributed by atoms with E-state index in [-0.39, 0.29) is 41.8 Å². The van der Waals surface area contributed by atoms with E-state index in [0.29, 0.717) is 37.8 Å². The zero-order valence-corrected chi connectivity index (χ0v) is 20.2. The number of hydrogen-bond donors (Lipinski definition) is 3. The summed E-state index contributed by atoms with van der Waals surface area (Å²) in [7, 11) is 1.74. The lowest BCUT2D eigenvalue weighted by Crippen LogP contribution is -2.44. The van der Waals surface area contributed by atoms with E-state index in [1.54, 1.807) is 7.05 Å². The normalized spacial score (nSPS) is 16.4. The molecule has 1 heterocycles. The lowest BCUT2D eigenvalue weighted by Gasteiger charge is -2.19. The zero-order chi connectivity index (χ0) is 20.5. The molecule has 1 aromatic carbocycles. The van der Waals surface area contributed by atoms with Crippen molar-refractivity contribution in [3.05, 3.63) is 29.8 Å². The largest absolute Gasteiger partial charge is 0.352 e. The van der Waals surface area contributed by atoms with E-state index in [4.69, 9.17) is 0 Å². The summed E-state index contributed by atoms with van der Waals surface area (Å²) in [4.78, 5) is 29.9. The predicted molar refractivity (Wildman–Crippen MR) is 129 cm³/mol. The molecule has 0 aromatic heterocycles. The van der Waals surface area contributed by atoms with E-state index in [0.717, 1.165) is 24.2 Å². The number of likely N-dealkylation sites (tertiary alicyclic amines) is 1. The fraction of sp³-hybridized carbons (Fsp3) is 0.571. The Morgan fingerprint density at radius 3 is 2.72 bits per heavy atom. The van der Waals surface area contributed by atoms with Crippen LogP contribution in [0.2, 0.25) is 0 Å². The van der Waals surface area contributed by atoms with Gasteiger partial charge in [0.2, 0.25) is 11.8 Å². The molecule has 2 amide bonds. The lowest BCUT2D eigenvalue weighted by molar-refractivity contribution is -0.129. The maximum atomic E-state index is 12.0. The van der Waals surface area contributed by atoms with E-state index in [1.807, 2.05) is 49.9 Å². The summed E-state index contributed by atoms with van der Waals surface area (Å²) in [5.41, 5.74) is 1.86. The minimum absolute atomic E-state index is 0. The molecule has 1 aliphatic rings. The van der Waals surface area contributed by atoms with Crippen molar-refractivity contribution in [3.63, 3.8) is 0 Å². The molecule has 1 atom stereocenters. The molecule has 0 aliphatic carbocycles. The minimum atomic E-state index is 0. The highest BCUT2D eigenvalue weighted by Gasteiger charge is 2.25. The summed E-state index contributed by atoms with van der Waals surface area (Å²) in [6.45, 7) is 8.05. The van der Waals surface area contributed by atoms with Gasteiger partial charge in [0.05, 0.1) is 0 Å². The van der Waals surface area contributed by atoms with Crippen LogP contribution in [0.3, 0.4) is 0 Å². The van der Waals surface area contributed by atoms with Gasteiger partial charge in [-0.1, -0.05) is 32.9 Å². The standard InChI is InChI=1S/C21H33N5O2.HI/c1-5-20(28)26-10-9-18(14-26)25-21(22-4)23-13-16-7-6-8-17(12-16)24-19(27)11-15(2)3;/h6-8,12,15,18H,5,9-11,13-14H2,1-4H3,(H,24,27)(H2,22,23,25);1H. The molecular weight excluding hydrogens is 481 g/mol. The quantitative estimate of drug-likeness (QED) is 0.296. The fourth-order valence-electron chi connectivity index (χ4n) is 3.24. The average Bonchev–Trinajstić information content (AvgIpc) is 3.12. The first kappa shape index (κ1) is 25.2. The number of aliphatic imine (C=N–C) groups is 1. The number of amides is 2. The van der Waals surface area contributed by atoms with Crippen LogP contribution in [0.4, 0.5) is 5.69 Å². The van der Waals surface area contributed by atoms with Gasteiger partial charge in [-0.2, -0.15) is 0 Å². The topological polar surface area (TPSA) is 85.8 Å². The number of guanidine groups is 1. The van der Waals surface area contributed by atoms with Crippen LogP contribution in [0.5, 0.6) is 0 Å². The lowest BCUT2D eigenvalue weighted by atomic mass is 10.1. The second-order valence-electron chi connectivity index (χ2n) is 7.60. The summed E-state index contributed by atoms with van der Waals surface area (Å²) < 4.78 is 0. The van der Waals surface area contributed by atoms with Crippen LogP contribution in [-0.4, -0.2) is 48.9 Å². The van der Waals surface area contributed by atoms with E-state index >= 15 is 0 Å². The molecule has 0 saturated carbocycles. The molecule has 1 aliphatic heterocycles. The van der Waals surface area contributed by atoms with Gasteiger partial charge in [0.15, 0.2) is 5.96 Å². The number of carbonyl (C=O) groups is 2. The van der Waals surface area contributed by atoms with Crippen molar-refractivity contribution in [2.24, 2.45) is 10.9 Å². The summed E-state index contributed by atoms with van der Waals surface area (Å²) in [6, 6.07) is 8.02. The molecule has 3 N–H and O–H groups in total. The number of anilines is 1. The number of rotatable bonds is 7. The summed E-state index contributed by atoms with van der Waals surface area (Å²) >= 11 is 0. The van der Waals surface area contributed by atoms with Crippen LogP contribution in [-0.2, 0) is 16.1 Å². The highest BCUT2D eigenvalue weighted by atomic mass is 127. The van der Waals surface area contributed by atoms with Crippen LogP contribution in [0.15, 0.2) is 29.3 Å². The first-order chi connectivity index (χ1) is 13.4. The maximum Gasteiger partial charge on any atom is 0.224 e. The summed E-state index contributed by atoms with van der Waals surface area (Å²) in [6.07, 6.45) is 1.98. The molecular formula is C21H34IN5O2. The van der Waals surface area contributed by atoms with E-state index < -0.39 is 0 Å². The van der Waals surface area contributed by atoms with Crippen LogP contribution in [0.1, 0.15) is 45.6 Å². The molecule has 1 unspecified atom stereocenters. The number of carbonyl (C=O) groups excluding carboxylic acids is 2. The molecule has 1 aromatic rings.